The Hall–Kier alpha value is -4.66. The molecule has 0 saturated heterocycles. The van der Waals surface area contributed by atoms with E-state index in [-0.39, 0.29) is 31.2 Å². The molecule has 0 unspecified atom stereocenters. The fraction of sp³-hybridized carbons (Fsp3) is 0.649. The molecular weight excluding hydrogens is 682 g/mol. The largest absolute Gasteiger partial charge is 0.444 e. The van der Waals surface area contributed by atoms with Crippen molar-refractivity contribution >= 4 is 23.8 Å². The van der Waals surface area contributed by atoms with Gasteiger partial charge in [-0.25, -0.2) is 9.78 Å². The normalized spacial score (nSPS) is 16.9. The number of carbonyl (C=O) groups is 4. The maximum Gasteiger partial charge on any atom is 0.408 e. The maximum absolute atomic E-state index is 14.2. The molecule has 4 amide bonds. The first-order chi connectivity index (χ1) is 25.1. The van der Waals surface area contributed by atoms with Crippen LogP contribution in [-0.2, 0) is 32.0 Å². The van der Waals surface area contributed by atoms with Crippen LogP contribution in [0.3, 0.4) is 0 Å². The van der Waals surface area contributed by atoms with Crippen molar-refractivity contribution in [3.63, 3.8) is 0 Å². The van der Waals surface area contributed by atoms with Gasteiger partial charge >= 0.3 is 6.09 Å². The van der Waals surface area contributed by atoms with Crippen molar-refractivity contribution < 1.29 is 34.1 Å². The fourth-order valence-electron chi connectivity index (χ4n) is 6.31. The van der Waals surface area contributed by atoms with Gasteiger partial charge < -0.3 is 41.2 Å². The number of benzene rings is 1. The molecule has 5 atom stereocenters. The summed E-state index contributed by atoms with van der Waals surface area (Å²) in [5, 5.41) is 37.6. The van der Waals surface area contributed by atoms with E-state index in [9.17, 15) is 29.4 Å². The van der Waals surface area contributed by atoms with Gasteiger partial charge in [0.2, 0.25) is 11.8 Å². The van der Waals surface area contributed by atoms with Crippen LogP contribution in [0.5, 0.6) is 0 Å². The van der Waals surface area contributed by atoms with E-state index in [1.807, 2.05) is 44.2 Å². The second-order valence-electron chi connectivity index (χ2n) is 15.4. The first-order valence-electron chi connectivity index (χ1n) is 18.4. The molecule has 1 aromatic carbocycles. The number of aliphatic hydroxyl groups excluding tert-OH is 1. The summed E-state index contributed by atoms with van der Waals surface area (Å²) in [6.45, 7) is 8.51. The van der Waals surface area contributed by atoms with E-state index in [4.69, 9.17) is 10.3 Å². The third kappa shape index (κ3) is 15.1. The number of azide groups is 1. The van der Waals surface area contributed by atoms with E-state index in [0.717, 1.165) is 37.7 Å². The second-order valence-corrected chi connectivity index (χ2v) is 15.4. The number of rotatable bonds is 19. The van der Waals surface area contributed by atoms with E-state index in [0.29, 0.717) is 12.1 Å². The SMILES string of the molecule is CC(C)CNC(=O)[C@](O)(CN=[N+]=[N-])C[C@H](O)[C@H](CC1CCCCC1)NC(=O)[C@H](Cc1cnc[nH]1)NC(=O)[C@H](Cc1ccccc1)NC(=O)OC(C)(C)C. The van der Waals surface area contributed by atoms with Crippen molar-refractivity contribution in [1.82, 2.24) is 31.2 Å². The molecule has 7 N–H and O–H groups in total. The Bertz CT molecular complexity index is 1500. The number of aliphatic hydroxyl groups is 2. The van der Waals surface area contributed by atoms with Crippen LogP contribution in [-0.4, -0.2) is 92.5 Å². The van der Waals surface area contributed by atoms with Gasteiger partial charge in [0.15, 0.2) is 5.60 Å². The Kier molecular flexibility index (Phi) is 16.6. The monoisotopic (exact) mass is 739 g/mol. The Labute approximate surface area is 311 Å². The summed E-state index contributed by atoms with van der Waals surface area (Å²) in [6, 6.07) is 5.83. The summed E-state index contributed by atoms with van der Waals surface area (Å²) in [5.74, 6) is -1.86. The molecule has 2 aromatic rings. The van der Waals surface area contributed by atoms with Crippen LogP contribution in [0.4, 0.5) is 4.79 Å². The highest BCUT2D eigenvalue weighted by Crippen LogP contribution is 2.29. The second kappa shape index (κ2) is 20.5. The zero-order chi connectivity index (χ0) is 39.0. The van der Waals surface area contributed by atoms with Crippen LogP contribution in [0.1, 0.15) is 90.8 Å². The van der Waals surface area contributed by atoms with Gasteiger partial charge in [-0.15, -0.1) is 0 Å². The number of aromatic amines is 1. The molecule has 1 fully saturated rings. The van der Waals surface area contributed by atoms with Gasteiger partial charge in [-0.1, -0.05) is 81.4 Å². The van der Waals surface area contributed by atoms with Gasteiger partial charge in [0.25, 0.3) is 5.91 Å². The van der Waals surface area contributed by atoms with Crippen molar-refractivity contribution in [2.75, 3.05) is 13.1 Å². The van der Waals surface area contributed by atoms with Gasteiger partial charge in [0.1, 0.15) is 17.7 Å². The molecule has 1 saturated carbocycles. The number of amides is 4. The zero-order valence-corrected chi connectivity index (χ0v) is 31.5. The molecule has 1 heterocycles. The molecule has 0 aliphatic heterocycles. The average Bonchev–Trinajstić information content (AvgIpc) is 3.62. The molecule has 0 spiro atoms. The number of nitrogens with zero attached hydrogens (tertiary/aromatic N) is 4. The van der Waals surface area contributed by atoms with Crippen LogP contribution >= 0.6 is 0 Å². The van der Waals surface area contributed by atoms with Crippen LogP contribution in [0.15, 0.2) is 48.0 Å². The topological polar surface area (TPSA) is 244 Å². The lowest BCUT2D eigenvalue weighted by atomic mass is 9.81. The Morgan fingerprint density at radius 1 is 1.02 bits per heavy atom. The van der Waals surface area contributed by atoms with Crippen LogP contribution in [0.25, 0.3) is 10.4 Å². The predicted molar refractivity (Wildman–Crippen MR) is 198 cm³/mol. The number of nitrogens with one attached hydrogen (secondary N) is 5. The third-order valence-electron chi connectivity index (χ3n) is 9.04. The quantitative estimate of drug-likeness (QED) is 0.0636. The number of hydrogen-bond acceptors (Lipinski definition) is 9. The Morgan fingerprint density at radius 2 is 1.68 bits per heavy atom. The number of carbonyl (C=O) groups excluding carboxylic acids is 4. The minimum atomic E-state index is -2.25. The summed E-state index contributed by atoms with van der Waals surface area (Å²) in [5.41, 5.74) is 7.22. The molecule has 53 heavy (non-hydrogen) atoms. The average molecular weight is 740 g/mol. The molecule has 1 aromatic heterocycles. The molecule has 16 heteroatoms. The summed E-state index contributed by atoms with van der Waals surface area (Å²) >= 11 is 0. The molecule has 292 valence electrons. The summed E-state index contributed by atoms with van der Waals surface area (Å²) < 4.78 is 5.43. The van der Waals surface area contributed by atoms with E-state index >= 15 is 0 Å². The fourth-order valence-corrected chi connectivity index (χ4v) is 6.31. The van der Waals surface area contributed by atoms with Gasteiger partial charge in [0, 0.05) is 42.6 Å². The number of hydrogen-bond donors (Lipinski definition) is 7. The van der Waals surface area contributed by atoms with E-state index in [1.165, 1.54) is 12.5 Å². The Morgan fingerprint density at radius 3 is 2.28 bits per heavy atom. The van der Waals surface area contributed by atoms with Gasteiger partial charge in [-0.05, 0) is 50.1 Å². The smallest absolute Gasteiger partial charge is 0.408 e. The van der Waals surface area contributed by atoms with Crippen molar-refractivity contribution in [1.29, 1.82) is 0 Å². The third-order valence-corrected chi connectivity index (χ3v) is 9.04. The van der Waals surface area contributed by atoms with Gasteiger partial charge in [-0.3, -0.25) is 14.4 Å². The number of aromatic nitrogens is 2. The highest BCUT2D eigenvalue weighted by molar-refractivity contribution is 5.92. The van der Waals surface area contributed by atoms with Crippen molar-refractivity contribution in [2.24, 2.45) is 17.0 Å². The predicted octanol–water partition coefficient (Wildman–Crippen LogP) is 3.59. The highest BCUT2D eigenvalue weighted by Gasteiger charge is 2.41. The highest BCUT2D eigenvalue weighted by atomic mass is 16.6. The maximum atomic E-state index is 14.2. The van der Waals surface area contributed by atoms with E-state index in [1.54, 1.807) is 20.8 Å². The van der Waals surface area contributed by atoms with E-state index in [2.05, 4.69) is 41.3 Å². The summed E-state index contributed by atoms with van der Waals surface area (Å²) in [4.78, 5) is 63.9. The van der Waals surface area contributed by atoms with Gasteiger partial charge in [0.05, 0.1) is 25.0 Å². The minimum absolute atomic E-state index is 0.00720. The molecule has 1 aliphatic carbocycles. The standard InChI is InChI=1S/C37H57N9O7/c1-24(2)20-40-34(50)37(52,22-42-46-38)19-31(47)28(16-25-12-8-6-9-13-25)43-33(49)30(18-27-21-39-23-41-27)44-32(48)29(17-26-14-10-7-11-15-26)45-35(51)53-36(3,4)5/h7,10-11,14-15,21,23-25,28-31,47,52H,6,8-9,12-13,16-20,22H2,1-5H3,(H,39,41)(H,40,50)(H,43,49)(H,44,48)(H,45,51)/t28-,29-,30-,31-,37+/m0/s1. The number of ether oxygens (including phenoxy) is 1. The molecule has 3 rings (SSSR count). The molecule has 16 nitrogen and oxygen atoms in total. The zero-order valence-electron chi connectivity index (χ0n) is 31.5. The molecule has 0 bridgehead atoms. The van der Waals surface area contributed by atoms with Crippen molar-refractivity contribution in [3.8, 4) is 0 Å². The first kappa shape index (κ1) is 42.8. The van der Waals surface area contributed by atoms with Crippen LogP contribution in [0, 0.1) is 11.8 Å². The molecular formula is C37H57N9O7. The molecule has 0 radical (unpaired) electrons. The van der Waals surface area contributed by atoms with Crippen molar-refractivity contribution in [2.45, 2.75) is 128 Å². The summed E-state index contributed by atoms with van der Waals surface area (Å²) in [7, 11) is 0. The van der Waals surface area contributed by atoms with Crippen LogP contribution < -0.4 is 21.3 Å². The van der Waals surface area contributed by atoms with Crippen LogP contribution in [0.2, 0.25) is 0 Å². The first-order valence-corrected chi connectivity index (χ1v) is 18.4. The minimum Gasteiger partial charge on any atom is -0.444 e. The summed E-state index contributed by atoms with van der Waals surface area (Å²) in [6.07, 6.45) is 5.47. The van der Waals surface area contributed by atoms with Gasteiger partial charge in [-0.2, -0.15) is 0 Å². The lowest BCUT2D eigenvalue weighted by Crippen LogP contribution is -2.59. The lowest BCUT2D eigenvalue weighted by molar-refractivity contribution is -0.143. The lowest BCUT2D eigenvalue weighted by Gasteiger charge is -2.35. The molecule has 1 aliphatic rings. The number of alkyl carbamates (subject to hydrolysis) is 1. The number of imidazole rings is 1. The van der Waals surface area contributed by atoms with E-state index < -0.39 is 72.2 Å². The Balaban J connectivity index is 1.90. The number of H-pyrrole nitrogens is 1. The van der Waals surface area contributed by atoms with Crippen molar-refractivity contribution in [3.05, 3.63) is 64.6 Å².